The maximum atomic E-state index is 12.5. The minimum Gasteiger partial charge on any atom is -0.497 e. The number of nitrogens with one attached hydrogen (secondary N) is 2. The molecule has 1 aliphatic heterocycles. The lowest BCUT2D eigenvalue weighted by molar-refractivity contribution is 0.102. The van der Waals surface area contributed by atoms with Crippen LogP contribution in [0.2, 0.25) is 0 Å². The fraction of sp³-hybridized carbons (Fsp3) is 0.143. The Labute approximate surface area is 162 Å². The zero-order valence-electron chi connectivity index (χ0n) is 15.3. The summed E-state index contributed by atoms with van der Waals surface area (Å²) in [4.78, 5) is 16.6. The van der Waals surface area contributed by atoms with E-state index in [0.29, 0.717) is 17.8 Å². The Bertz CT molecular complexity index is 989. The molecule has 1 amide bonds. The van der Waals surface area contributed by atoms with Gasteiger partial charge in [0.1, 0.15) is 5.75 Å². The first-order chi connectivity index (χ1) is 13.7. The number of carbonyl (C=O) groups excluding carboxylic acids is 1. The topological polar surface area (TPSA) is 81.7 Å². The van der Waals surface area contributed by atoms with E-state index in [-0.39, 0.29) is 12.7 Å². The molecular formula is C21H19N3O4. The minimum absolute atomic E-state index is 0.232. The maximum absolute atomic E-state index is 12.5. The number of nitrogens with zero attached hydrogens (tertiary/aromatic N) is 1. The molecular weight excluding hydrogens is 358 g/mol. The Hall–Kier alpha value is -3.74. The molecule has 2 N–H and O–H groups in total. The van der Waals surface area contributed by atoms with E-state index in [1.165, 1.54) is 6.20 Å². The van der Waals surface area contributed by atoms with Gasteiger partial charge >= 0.3 is 0 Å². The van der Waals surface area contributed by atoms with Gasteiger partial charge in [-0.2, -0.15) is 0 Å². The van der Waals surface area contributed by atoms with Crippen LogP contribution < -0.4 is 24.8 Å². The number of amides is 1. The number of benzene rings is 2. The van der Waals surface area contributed by atoms with Crippen LogP contribution in [0.5, 0.6) is 17.2 Å². The normalized spacial score (nSPS) is 11.8. The van der Waals surface area contributed by atoms with Crippen LogP contribution in [-0.2, 0) is 6.54 Å². The number of rotatable bonds is 6. The zero-order valence-corrected chi connectivity index (χ0v) is 15.3. The lowest BCUT2D eigenvalue weighted by Crippen LogP contribution is -2.12. The molecule has 0 atom stereocenters. The van der Waals surface area contributed by atoms with E-state index in [1.54, 1.807) is 43.6 Å². The van der Waals surface area contributed by atoms with Crippen LogP contribution in [-0.4, -0.2) is 24.8 Å². The molecule has 142 valence electrons. The summed E-state index contributed by atoms with van der Waals surface area (Å²) in [5.41, 5.74) is 2.94. The summed E-state index contributed by atoms with van der Waals surface area (Å²) in [5.74, 6) is 1.99. The summed E-state index contributed by atoms with van der Waals surface area (Å²) in [7, 11) is 1.60. The van der Waals surface area contributed by atoms with Gasteiger partial charge in [0.25, 0.3) is 5.91 Å². The third-order valence-electron chi connectivity index (χ3n) is 4.28. The van der Waals surface area contributed by atoms with Gasteiger partial charge in [-0.25, -0.2) is 0 Å². The molecule has 0 spiro atoms. The largest absolute Gasteiger partial charge is 0.497 e. The predicted molar refractivity (Wildman–Crippen MR) is 105 cm³/mol. The second-order valence-electron chi connectivity index (χ2n) is 6.19. The van der Waals surface area contributed by atoms with Gasteiger partial charge in [-0.15, -0.1) is 0 Å². The average molecular weight is 377 g/mol. The number of methoxy groups -OCH3 is 1. The van der Waals surface area contributed by atoms with Gasteiger partial charge in [-0.1, -0.05) is 6.07 Å². The molecule has 1 aromatic heterocycles. The standard InChI is InChI=1S/C21H19N3O4/c1-26-18-5-3-16(4-6-18)24-21(25)15-9-17(12-22-11-15)23-10-14-2-7-19-20(8-14)28-13-27-19/h2-9,11-12,23H,10,13H2,1H3,(H,24,25). The van der Waals surface area contributed by atoms with Crippen LogP contribution in [0.15, 0.2) is 60.9 Å². The van der Waals surface area contributed by atoms with Crippen molar-refractivity contribution in [2.45, 2.75) is 6.54 Å². The van der Waals surface area contributed by atoms with Gasteiger partial charge in [-0.3, -0.25) is 9.78 Å². The molecule has 2 heterocycles. The number of anilines is 2. The van der Waals surface area contributed by atoms with E-state index < -0.39 is 0 Å². The number of aromatic nitrogens is 1. The third-order valence-corrected chi connectivity index (χ3v) is 4.28. The van der Waals surface area contributed by atoms with E-state index in [2.05, 4.69) is 15.6 Å². The number of ether oxygens (including phenoxy) is 3. The SMILES string of the molecule is COc1ccc(NC(=O)c2cncc(NCc3ccc4c(c3)OCO4)c2)cc1. The van der Waals surface area contributed by atoms with E-state index in [1.807, 2.05) is 18.2 Å². The van der Waals surface area contributed by atoms with Crippen molar-refractivity contribution in [3.8, 4) is 17.2 Å². The number of fused-ring (bicyclic) bond motifs is 1. The van der Waals surface area contributed by atoms with Gasteiger partial charge in [0.2, 0.25) is 6.79 Å². The van der Waals surface area contributed by atoms with E-state index in [9.17, 15) is 4.79 Å². The van der Waals surface area contributed by atoms with Gasteiger partial charge in [0.15, 0.2) is 11.5 Å². The average Bonchev–Trinajstić information content (AvgIpc) is 3.21. The first-order valence-electron chi connectivity index (χ1n) is 8.74. The summed E-state index contributed by atoms with van der Waals surface area (Å²) < 4.78 is 15.8. The van der Waals surface area contributed by atoms with Crippen molar-refractivity contribution in [3.05, 3.63) is 72.1 Å². The Morgan fingerprint density at radius 3 is 2.68 bits per heavy atom. The minimum atomic E-state index is -0.232. The van der Waals surface area contributed by atoms with Crippen LogP contribution in [0.25, 0.3) is 0 Å². The molecule has 0 saturated carbocycles. The van der Waals surface area contributed by atoms with Gasteiger partial charge < -0.3 is 24.8 Å². The zero-order chi connectivity index (χ0) is 19.3. The molecule has 0 radical (unpaired) electrons. The molecule has 7 nitrogen and oxygen atoms in total. The predicted octanol–water partition coefficient (Wildman–Crippen LogP) is 3.68. The highest BCUT2D eigenvalue weighted by Crippen LogP contribution is 2.32. The van der Waals surface area contributed by atoms with E-state index in [0.717, 1.165) is 28.5 Å². The molecule has 0 saturated heterocycles. The van der Waals surface area contributed by atoms with Crippen molar-refractivity contribution in [3.63, 3.8) is 0 Å². The van der Waals surface area contributed by atoms with Gasteiger partial charge in [-0.05, 0) is 48.0 Å². The molecule has 28 heavy (non-hydrogen) atoms. The Morgan fingerprint density at radius 1 is 1.04 bits per heavy atom. The third kappa shape index (κ3) is 3.98. The second-order valence-corrected chi connectivity index (χ2v) is 6.19. The quantitative estimate of drug-likeness (QED) is 0.682. The number of carbonyl (C=O) groups is 1. The molecule has 0 bridgehead atoms. The Kier molecular flexibility index (Phi) is 4.97. The maximum Gasteiger partial charge on any atom is 0.257 e. The highest BCUT2D eigenvalue weighted by Gasteiger charge is 2.13. The van der Waals surface area contributed by atoms with Crippen LogP contribution in [0.1, 0.15) is 15.9 Å². The van der Waals surface area contributed by atoms with Crippen molar-refractivity contribution < 1.29 is 19.0 Å². The highest BCUT2D eigenvalue weighted by atomic mass is 16.7. The van der Waals surface area contributed by atoms with Crippen LogP contribution in [0, 0.1) is 0 Å². The first-order valence-corrected chi connectivity index (χ1v) is 8.74. The van der Waals surface area contributed by atoms with Crippen molar-refractivity contribution >= 4 is 17.3 Å². The number of hydrogen-bond acceptors (Lipinski definition) is 6. The van der Waals surface area contributed by atoms with Crippen molar-refractivity contribution in [2.75, 3.05) is 24.5 Å². The van der Waals surface area contributed by atoms with E-state index >= 15 is 0 Å². The highest BCUT2D eigenvalue weighted by molar-refractivity contribution is 6.04. The molecule has 0 aliphatic carbocycles. The lowest BCUT2D eigenvalue weighted by atomic mass is 10.2. The van der Waals surface area contributed by atoms with Gasteiger partial charge in [0, 0.05) is 24.6 Å². The molecule has 4 rings (SSSR count). The molecule has 1 aliphatic rings. The van der Waals surface area contributed by atoms with Crippen molar-refractivity contribution in [2.24, 2.45) is 0 Å². The monoisotopic (exact) mass is 377 g/mol. The Balaban J connectivity index is 1.40. The molecule has 0 unspecified atom stereocenters. The Morgan fingerprint density at radius 2 is 1.86 bits per heavy atom. The molecule has 3 aromatic rings. The molecule has 2 aromatic carbocycles. The summed E-state index contributed by atoms with van der Waals surface area (Å²) in [6.07, 6.45) is 3.21. The van der Waals surface area contributed by atoms with Crippen LogP contribution >= 0.6 is 0 Å². The van der Waals surface area contributed by atoms with Gasteiger partial charge in [0.05, 0.1) is 18.4 Å². The summed E-state index contributed by atoms with van der Waals surface area (Å²) in [6.45, 7) is 0.823. The first kappa shape index (κ1) is 17.7. The summed E-state index contributed by atoms with van der Waals surface area (Å²) >= 11 is 0. The fourth-order valence-electron chi connectivity index (χ4n) is 2.79. The van der Waals surface area contributed by atoms with Crippen LogP contribution in [0.3, 0.4) is 0 Å². The van der Waals surface area contributed by atoms with Crippen LogP contribution in [0.4, 0.5) is 11.4 Å². The lowest BCUT2D eigenvalue weighted by Gasteiger charge is -2.09. The number of hydrogen-bond donors (Lipinski definition) is 2. The summed E-state index contributed by atoms with van der Waals surface area (Å²) in [6, 6.07) is 14.7. The summed E-state index contributed by atoms with van der Waals surface area (Å²) in [5, 5.41) is 6.12. The molecule has 7 heteroatoms. The fourth-order valence-corrected chi connectivity index (χ4v) is 2.79. The van der Waals surface area contributed by atoms with E-state index in [4.69, 9.17) is 14.2 Å². The second kappa shape index (κ2) is 7.87. The number of pyridine rings is 1. The van der Waals surface area contributed by atoms with Crippen molar-refractivity contribution in [1.29, 1.82) is 0 Å². The molecule has 0 fully saturated rings. The smallest absolute Gasteiger partial charge is 0.257 e. The van der Waals surface area contributed by atoms with Crippen molar-refractivity contribution in [1.82, 2.24) is 4.98 Å².